The van der Waals surface area contributed by atoms with Crippen molar-refractivity contribution in [1.82, 2.24) is 4.98 Å². The molecular formula is C8H8BrCl2NO. The highest BCUT2D eigenvalue weighted by molar-refractivity contribution is 9.09. The normalized spacial score (nSPS) is 9.15. The topological polar surface area (TPSA) is 30.0 Å². The highest BCUT2D eigenvalue weighted by atomic mass is 79.9. The molecule has 72 valence electrons. The number of halogens is 3. The van der Waals surface area contributed by atoms with Crippen LogP contribution < -0.4 is 0 Å². The van der Waals surface area contributed by atoms with Crippen LogP contribution in [0.15, 0.2) is 12.4 Å². The van der Waals surface area contributed by atoms with Gasteiger partial charge in [0.25, 0.3) is 0 Å². The Morgan fingerprint density at radius 2 is 1.85 bits per heavy atom. The molecule has 0 aromatic carbocycles. The molecule has 13 heavy (non-hydrogen) atoms. The van der Waals surface area contributed by atoms with Crippen LogP contribution in [-0.4, -0.2) is 16.1 Å². The van der Waals surface area contributed by atoms with Gasteiger partial charge in [-0.05, 0) is 0 Å². The van der Waals surface area contributed by atoms with Gasteiger partial charge in [0.2, 0.25) is 0 Å². The van der Waals surface area contributed by atoms with Crippen LogP contribution in [0.25, 0.3) is 0 Å². The Labute approximate surface area is 95.4 Å². The van der Waals surface area contributed by atoms with Crippen LogP contribution in [0, 0.1) is 0 Å². The molecule has 0 radical (unpaired) electrons. The lowest BCUT2D eigenvalue weighted by Crippen LogP contribution is -2.02. The van der Waals surface area contributed by atoms with Crippen LogP contribution >= 0.6 is 39.1 Å². The fraction of sp³-hybridized carbons (Fsp3) is 0.250. The zero-order valence-electron chi connectivity index (χ0n) is 5.85. The predicted octanol–water partition coefficient (Wildman–Crippen LogP) is 3.60. The Morgan fingerprint density at radius 1 is 1.38 bits per heavy atom. The summed E-state index contributed by atoms with van der Waals surface area (Å²) in [6.07, 6.45) is 2.78. The molecule has 1 aromatic heterocycles. The van der Waals surface area contributed by atoms with Crippen LogP contribution in [0.1, 0.15) is 17.8 Å². The van der Waals surface area contributed by atoms with Crippen molar-refractivity contribution < 1.29 is 4.79 Å². The Bertz CT molecular complexity index is 297. The van der Waals surface area contributed by atoms with Crippen molar-refractivity contribution in [3.05, 3.63) is 28.0 Å². The summed E-state index contributed by atoms with van der Waals surface area (Å²) < 4.78 is 0. The summed E-state index contributed by atoms with van der Waals surface area (Å²) in [4.78, 5) is 14.9. The van der Waals surface area contributed by atoms with Gasteiger partial charge in [0.15, 0.2) is 5.78 Å². The van der Waals surface area contributed by atoms with E-state index in [1.807, 2.05) is 0 Å². The first-order valence-corrected chi connectivity index (χ1v) is 4.92. The van der Waals surface area contributed by atoms with Crippen molar-refractivity contribution in [2.45, 2.75) is 7.43 Å². The summed E-state index contributed by atoms with van der Waals surface area (Å²) in [7, 11) is 0. The number of pyridine rings is 1. The fourth-order valence-corrected chi connectivity index (χ4v) is 1.60. The second-order valence-corrected chi connectivity index (χ2v) is 3.41. The predicted molar refractivity (Wildman–Crippen MR) is 59.1 cm³/mol. The molecule has 5 heteroatoms. The van der Waals surface area contributed by atoms with Crippen LogP contribution in [-0.2, 0) is 0 Å². The van der Waals surface area contributed by atoms with E-state index in [2.05, 4.69) is 20.9 Å². The summed E-state index contributed by atoms with van der Waals surface area (Å²) in [5.41, 5.74) is 0.324. The average Bonchev–Trinajstić information content (AvgIpc) is 2.03. The number of rotatable bonds is 2. The van der Waals surface area contributed by atoms with Gasteiger partial charge in [-0.1, -0.05) is 46.6 Å². The maximum absolute atomic E-state index is 11.2. The Morgan fingerprint density at radius 3 is 2.23 bits per heavy atom. The minimum Gasteiger partial charge on any atom is -0.293 e. The lowest BCUT2D eigenvalue weighted by atomic mass is 10.2. The molecule has 0 saturated heterocycles. The van der Waals surface area contributed by atoms with Crippen LogP contribution in [0.5, 0.6) is 0 Å². The number of ketones is 1. The third-order valence-electron chi connectivity index (χ3n) is 1.25. The molecule has 1 rings (SSSR count). The van der Waals surface area contributed by atoms with Gasteiger partial charge >= 0.3 is 0 Å². The van der Waals surface area contributed by atoms with E-state index in [1.54, 1.807) is 0 Å². The van der Waals surface area contributed by atoms with E-state index in [4.69, 9.17) is 23.2 Å². The van der Waals surface area contributed by atoms with Crippen LogP contribution in [0.2, 0.25) is 10.0 Å². The first-order valence-electron chi connectivity index (χ1n) is 3.05. The monoisotopic (exact) mass is 283 g/mol. The van der Waals surface area contributed by atoms with Crippen LogP contribution in [0.3, 0.4) is 0 Å². The Balaban J connectivity index is 0.00000144. The number of aromatic nitrogens is 1. The molecule has 0 bridgehead atoms. The number of carbonyl (C=O) groups is 1. The average molecular weight is 285 g/mol. The molecule has 0 aliphatic rings. The van der Waals surface area contributed by atoms with Crippen molar-refractivity contribution >= 4 is 44.9 Å². The molecule has 0 N–H and O–H groups in total. The van der Waals surface area contributed by atoms with Crippen molar-refractivity contribution in [2.24, 2.45) is 0 Å². The molecule has 0 unspecified atom stereocenters. The van der Waals surface area contributed by atoms with E-state index in [1.165, 1.54) is 12.4 Å². The van der Waals surface area contributed by atoms with Gasteiger partial charge in [-0.2, -0.15) is 0 Å². The Hall–Kier alpha value is -0.120. The van der Waals surface area contributed by atoms with Gasteiger partial charge < -0.3 is 0 Å². The van der Waals surface area contributed by atoms with Crippen LogP contribution in [0.4, 0.5) is 0 Å². The lowest BCUT2D eigenvalue weighted by molar-refractivity contribution is 0.102. The zero-order chi connectivity index (χ0) is 9.14. The maximum Gasteiger partial charge on any atom is 0.176 e. The minimum absolute atomic E-state index is 0. The highest BCUT2D eigenvalue weighted by Gasteiger charge is 2.12. The van der Waals surface area contributed by atoms with E-state index >= 15 is 0 Å². The molecule has 0 saturated carbocycles. The molecule has 0 fully saturated rings. The molecule has 0 spiro atoms. The van der Waals surface area contributed by atoms with Gasteiger partial charge in [-0.15, -0.1) is 0 Å². The molecule has 1 heterocycles. The minimum atomic E-state index is -0.146. The van der Waals surface area contributed by atoms with Crippen molar-refractivity contribution in [2.75, 3.05) is 5.33 Å². The molecule has 2 nitrogen and oxygen atoms in total. The second-order valence-electron chi connectivity index (χ2n) is 2.03. The number of nitrogens with zero attached hydrogens (tertiary/aromatic N) is 1. The quantitative estimate of drug-likeness (QED) is 0.613. The van der Waals surface area contributed by atoms with E-state index < -0.39 is 0 Å². The Kier molecular flexibility index (Phi) is 5.53. The van der Waals surface area contributed by atoms with Gasteiger partial charge in [-0.25, -0.2) is 0 Å². The van der Waals surface area contributed by atoms with Gasteiger partial charge in [-0.3, -0.25) is 9.78 Å². The first kappa shape index (κ1) is 12.9. The number of alkyl halides is 1. The molecule has 0 aliphatic carbocycles. The third kappa shape index (κ3) is 2.93. The fourth-order valence-electron chi connectivity index (χ4n) is 0.745. The smallest absolute Gasteiger partial charge is 0.176 e. The number of hydrogen-bond donors (Lipinski definition) is 0. The maximum atomic E-state index is 11.2. The van der Waals surface area contributed by atoms with Gasteiger partial charge in [0.05, 0.1) is 20.9 Å². The highest BCUT2D eigenvalue weighted by Crippen LogP contribution is 2.23. The van der Waals surface area contributed by atoms with Crippen molar-refractivity contribution in [1.29, 1.82) is 0 Å². The second kappa shape index (κ2) is 5.58. The summed E-state index contributed by atoms with van der Waals surface area (Å²) in [5, 5.41) is 0.773. The molecule has 0 amide bonds. The largest absolute Gasteiger partial charge is 0.293 e. The lowest BCUT2D eigenvalue weighted by Gasteiger charge is -2.01. The number of hydrogen-bond acceptors (Lipinski definition) is 2. The summed E-state index contributed by atoms with van der Waals surface area (Å²) in [6, 6.07) is 0. The van der Waals surface area contributed by atoms with E-state index in [0.29, 0.717) is 5.56 Å². The number of carbonyl (C=O) groups excluding carboxylic acids is 1. The molecule has 0 atom stereocenters. The van der Waals surface area contributed by atoms with Gasteiger partial charge in [0, 0.05) is 12.4 Å². The summed E-state index contributed by atoms with van der Waals surface area (Å²) >= 11 is 14.5. The molecule has 1 aromatic rings. The molecule has 0 aliphatic heterocycles. The van der Waals surface area contributed by atoms with E-state index in [0.717, 1.165) is 0 Å². The summed E-state index contributed by atoms with van der Waals surface area (Å²) in [6.45, 7) is 0. The van der Waals surface area contributed by atoms with Crippen molar-refractivity contribution in [3.8, 4) is 0 Å². The number of Topliss-reactive ketones (excluding diaryl/α,β-unsaturated/α-hetero) is 1. The third-order valence-corrected chi connectivity index (χ3v) is 2.34. The summed E-state index contributed by atoms with van der Waals surface area (Å²) in [5.74, 6) is -0.146. The van der Waals surface area contributed by atoms with E-state index in [9.17, 15) is 4.79 Å². The first-order chi connectivity index (χ1) is 5.66. The van der Waals surface area contributed by atoms with Gasteiger partial charge in [0.1, 0.15) is 0 Å². The zero-order valence-corrected chi connectivity index (χ0v) is 8.95. The molecular weight excluding hydrogens is 277 g/mol. The van der Waals surface area contributed by atoms with Crippen molar-refractivity contribution in [3.63, 3.8) is 0 Å². The van der Waals surface area contributed by atoms with E-state index in [-0.39, 0.29) is 28.6 Å². The SMILES string of the molecule is C.O=C(CBr)c1c(Cl)cncc1Cl. The standard InChI is InChI=1S/C7H4BrCl2NO.CH4/c8-1-6(12)7-4(9)2-11-3-5(7)10;/h2-3H,1H2;1H4.